The zero-order valence-corrected chi connectivity index (χ0v) is 12.9. The number of nitrogens with zero attached hydrogens (tertiary/aromatic N) is 2. The number of hydrogen-bond donors (Lipinski definition) is 1. The summed E-state index contributed by atoms with van der Waals surface area (Å²) in [5.74, 6) is 1.42. The standard InChI is InChI=1S/C15H14BrN3O/c1-3-20-13-7-6-12-15(18-13)19-14(17-12)10-4-5-11(16)9(2)8-10/h4-8H,3H2,1-2H3,(H,17,18,19). The molecule has 4 nitrogen and oxygen atoms in total. The number of halogens is 1. The lowest BCUT2D eigenvalue weighted by molar-refractivity contribution is 0.328. The molecule has 0 aliphatic carbocycles. The second-order valence-electron chi connectivity index (χ2n) is 4.50. The van der Waals surface area contributed by atoms with Gasteiger partial charge in [-0.15, -0.1) is 0 Å². The lowest BCUT2D eigenvalue weighted by Crippen LogP contribution is -1.93. The van der Waals surface area contributed by atoms with Gasteiger partial charge in [0.25, 0.3) is 0 Å². The van der Waals surface area contributed by atoms with Crippen molar-refractivity contribution in [3.8, 4) is 17.3 Å². The molecule has 3 rings (SSSR count). The Bertz CT molecular complexity index is 767. The molecule has 3 aromatic rings. The average Bonchev–Trinajstić information content (AvgIpc) is 2.85. The van der Waals surface area contributed by atoms with Gasteiger partial charge in [0.1, 0.15) is 5.82 Å². The summed E-state index contributed by atoms with van der Waals surface area (Å²) in [6, 6.07) is 9.93. The largest absolute Gasteiger partial charge is 0.478 e. The Morgan fingerprint density at radius 3 is 2.80 bits per heavy atom. The van der Waals surface area contributed by atoms with Crippen LogP contribution in [0.5, 0.6) is 5.88 Å². The van der Waals surface area contributed by atoms with Crippen molar-refractivity contribution in [2.75, 3.05) is 6.61 Å². The number of aromatic amines is 1. The fourth-order valence-corrected chi connectivity index (χ4v) is 2.28. The quantitative estimate of drug-likeness (QED) is 0.786. The average molecular weight is 332 g/mol. The summed E-state index contributed by atoms with van der Waals surface area (Å²) >= 11 is 3.50. The Morgan fingerprint density at radius 2 is 2.05 bits per heavy atom. The van der Waals surface area contributed by atoms with E-state index in [9.17, 15) is 0 Å². The molecule has 0 bridgehead atoms. The fourth-order valence-electron chi connectivity index (χ4n) is 2.03. The maximum absolute atomic E-state index is 5.39. The second kappa shape index (κ2) is 5.25. The Hall–Kier alpha value is -1.88. The molecule has 0 amide bonds. The van der Waals surface area contributed by atoms with E-state index >= 15 is 0 Å². The van der Waals surface area contributed by atoms with Crippen LogP contribution in [0.4, 0.5) is 0 Å². The van der Waals surface area contributed by atoms with Crippen LogP contribution >= 0.6 is 15.9 Å². The third kappa shape index (κ3) is 2.41. The maximum Gasteiger partial charge on any atom is 0.215 e. The normalized spacial score (nSPS) is 10.9. The predicted octanol–water partition coefficient (Wildman–Crippen LogP) is 4.09. The van der Waals surface area contributed by atoms with Crippen LogP contribution in [-0.4, -0.2) is 21.6 Å². The summed E-state index contributed by atoms with van der Waals surface area (Å²) in [4.78, 5) is 12.2. The van der Waals surface area contributed by atoms with Gasteiger partial charge in [-0.1, -0.05) is 22.0 Å². The number of ether oxygens (including phenoxy) is 1. The van der Waals surface area contributed by atoms with Crippen LogP contribution in [0.2, 0.25) is 0 Å². The summed E-state index contributed by atoms with van der Waals surface area (Å²) in [6.45, 7) is 4.59. The number of aromatic nitrogens is 3. The minimum absolute atomic E-state index is 0.599. The van der Waals surface area contributed by atoms with Gasteiger partial charge in [0.15, 0.2) is 5.65 Å². The monoisotopic (exact) mass is 331 g/mol. The Kier molecular flexibility index (Phi) is 3.44. The van der Waals surface area contributed by atoms with Crippen molar-refractivity contribution in [3.05, 3.63) is 40.4 Å². The summed E-state index contributed by atoms with van der Waals surface area (Å²) in [6.07, 6.45) is 0. The molecule has 0 fully saturated rings. The van der Waals surface area contributed by atoms with Gasteiger partial charge in [0, 0.05) is 16.1 Å². The van der Waals surface area contributed by atoms with Gasteiger partial charge >= 0.3 is 0 Å². The van der Waals surface area contributed by atoms with Gasteiger partial charge in [0.05, 0.1) is 12.1 Å². The number of aryl methyl sites for hydroxylation is 1. The van der Waals surface area contributed by atoms with Gasteiger partial charge in [0.2, 0.25) is 5.88 Å². The molecule has 0 aliphatic rings. The number of hydrogen-bond acceptors (Lipinski definition) is 3. The van der Waals surface area contributed by atoms with E-state index in [0.717, 1.165) is 21.4 Å². The van der Waals surface area contributed by atoms with Gasteiger partial charge in [-0.25, -0.2) is 4.98 Å². The first-order valence-electron chi connectivity index (χ1n) is 6.43. The van der Waals surface area contributed by atoms with Gasteiger partial charge in [-0.3, -0.25) is 0 Å². The molecule has 2 heterocycles. The smallest absolute Gasteiger partial charge is 0.215 e. The topological polar surface area (TPSA) is 50.8 Å². The van der Waals surface area contributed by atoms with E-state index in [4.69, 9.17) is 4.74 Å². The number of nitrogens with one attached hydrogen (secondary N) is 1. The summed E-state index contributed by atoms with van der Waals surface area (Å²) in [7, 11) is 0. The van der Waals surface area contributed by atoms with Crippen molar-refractivity contribution in [1.82, 2.24) is 15.0 Å². The molecule has 1 aromatic carbocycles. The molecule has 0 spiro atoms. The van der Waals surface area contributed by atoms with E-state index in [0.29, 0.717) is 18.1 Å². The van der Waals surface area contributed by atoms with E-state index in [2.05, 4.69) is 43.9 Å². The van der Waals surface area contributed by atoms with E-state index in [-0.39, 0.29) is 0 Å². The van der Waals surface area contributed by atoms with E-state index < -0.39 is 0 Å². The van der Waals surface area contributed by atoms with Crippen LogP contribution in [0.25, 0.3) is 22.6 Å². The lowest BCUT2D eigenvalue weighted by Gasteiger charge is -2.00. The first-order valence-corrected chi connectivity index (χ1v) is 7.23. The number of imidazole rings is 1. The number of H-pyrrole nitrogens is 1. The number of pyridine rings is 1. The fraction of sp³-hybridized carbons (Fsp3) is 0.200. The zero-order valence-electron chi connectivity index (χ0n) is 11.3. The zero-order chi connectivity index (χ0) is 14.1. The van der Waals surface area contributed by atoms with E-state index in [1.54, 1.807) is 0 Å². The number of fused-ring (bicyclic) bond motifs is 1. The Labute approximate surface area is 125 Å². The van der Waals surface area contributed by atoms with Gasteiger partial charge in [-0.2, -0.15) is 4.98 Å². The molecule has 0 atom stereocenters. The van der Waals surface area contributed by atoms with Crippen LogP contribution in [0, 0.1) is 6.92 Å². The SMILES string of the molecule is CCOc1ccc2[nH]c(-c3ccc(Br)c(C)c3)nc2n1. The predicted molar refractivity (Wildman–Crippen MR) is 82.9 cm³/mol. The Balaban J connectivity index is 2.05. The van der Waals surface area contributed by atoms with Crippen molar-refractivity contribution < 1.29 is 4.74 Å². The molecule has 0 unspecified atom stereocenters. The van der Waals surface area contributed by atoms with Crippen LogP contribution in [0.1, 0.15) is 12.5 Å². The number of rotatable bonds is 3. The molecule has 0 saturated carbocycles. The second-order valence-corrected chi connectivity index (χ2v) is 5.36. The van der Waals surface area contributed by atoms with E-state index in [1.165, 1.54) is 5.56 Å². The number of benzene rings is 1. The molecule has 102 valence electrons. The van der Waals surface area contributed by atoms with Gasteiger partial charge in [-0.05, 0) is 37.6 Å². The molecule has 2 aromatic heterocycles. The first-order chi connectivity index (χ1) is 9.67. The summed E-state index contributed by atoms with van der Waals surface area (Å²) < 4.78 is 6.48. The van der Waals surface area contributed by atoms with Gasteiger partial charge < -0.3 is 9.72 Å². The Morgan fingerprint density at radius 1 is 1.20 bits per heavy atom. The molecule has 0 saturated heterocycles. The molecular formula is C15H14BrN3O. The van der Waals surface area contributed by atoms with E-state index in [1.807, 2.05) is 31.2 Å². The van der Waals surface area contributed by atoms with Crippen molar-refractivity contribution in [2.45, 2.75) is 13.8 Å². The molecule has 5 heteroatoms. The summed E-state index contributed by atoms with van der Waals surface area (Å²) in [5.41, 5.74) is 3.79. The van der Waals surface area contributed by atoms with Crippen LogP contribution in [0.15, 0.2) is 34.8 Å². The third-order valence-corrected chi connectivity index (χ3v) is 3.93. The molecule has 0 aliphatic heterocycles. The lowest BCUT2D eigenvalue weighted by atomic mass is 10.1. The summed E-state index contributed by atoms with van der Waals surface area (Å²) in [5, 5.41) is 0. The highest BCUT2D eigenvalue weighted by atomic mass is 79.9. The maximum atomic E-state index is 5.39. The molecule has 20 heavy (non-hydrogen) atoms. The van der Waals surface area contributed by atoms with Crippen molar-refractivity contribution in [3.63, 3.8) is 0 Å². The molecular weight excluding hydrogens is 318 g/mol. The highest BCUT2D eigenvalue weighted by molar-refractivity contribution is 9.10. The third-order valence-electron chi connectivity index (χ3n) is 3.04. The van der Waals surface area contributed by atoms with Crippen molar-refractivity contribution >= 4 is 27.1 Å². The van der Waals surface area contributed by atoms with Crippen LogP contribution in [-0.2, 0) is 0 Å². The highest BCUT2D eigenvalue weighted by Crippen LogP contribution is 2.25. The van der Waals surface area contributed by atoms with Crippen molar-refractivity contribution in [1.29, 1.82) is 0 Å². The van der Waals surface area contributed by atoms with Crippen molar-refractivity contribution in [2.24, 2.45) is 0 Å². The molecule has 0 radical (unpaired) electrons. The van der Waals surface area contributed by atoms with Crippen LogP contribution in [0.3, 0.4) is 0 Å². The van der Waals surface area contributed by atoms with Crippen LogP contribution < -0.4 is 4.74 Å². The highest BCUT2D eigenvalue weighted by Gasteiger charge is 2.08. The minimum atomic E-state index is 0.599. The molecule has 1 N–H and O–H groups in total. The minimum Gasteiger partial charge on any atom is -0.478 e. The first kappa shape index (κ1) is 13.1.